The van der Waals surface area contributed by atoms with Gasteiger partial charge in [0.2, 0.25) is 5.91 Å². The van der Waals surface area contributed by atoms with E-state index in [0.717, 1.165) is 12.8 Å². The Hall–Kier alpha value is -1.80. The molecular weight excluding hydrogens is 391 g/mol. The van der Waals surface area contributed by atoms with E-state index in [9.17, 15) is 9.18 Å². The second-order valence-electron chi connectivity index (χ2n) is 6.57. The lowest BCUT2D eigenvalue weighted by Gasteiger charge is -2.15. The van der Waals surface area contributed by atoms with Gasteiger partial charge in [-0.3, -0.25) is 4.79 Å². The quantitative estimate of drug-likeness (QED) is 0.698. The highest BCUT2D eigenvalue weighted by molar-refractivity contribution is 7.99. The van der Waals surface area contributed by atoms with E-state index in [1.807, 2.05) is 14.0 Å². The fourth-order valence-corrected chi connectivity index (χ4v) is 4.03. The van der Waals surface area contributed by atoms with Crippen LogP contribution in [0.2, 0.25) is 5.02 Å². The monoisotopic (exact) mass is 412 g/mol. The number of carbonyl (C=O) groups excluding carboxylic acids is 1. The van der Waals surface area contributed by atoms with Crippen LogP contribution in [0.15, 0.2) is 23.4 Å². The molecule has 0 spiro atoms. The molecule has 0 aliphatic heterocycles. The maximum atomic E-state index is 13.2. The summed E-state index contributed by atoms with van der Waals surface area (Å²) < 4.78 is 20.7. The number of amides is 1. The van der Waals surface area contributed by atoms with E-state index in [1.165, 1.54) is 42.8 Å². The summed E-state index contributed by atoms with van der Waals surface area (Å²) in [6, 6.07) is 4.27. The van der Waals surface area contributed by atoms with Crippen molar-refractivity contribution < 1.29 is 13.9 Å². The third-order valence-corrected chi connectivity index (χ3v) is 5.80. The number of halogens is 2. The molecule has 1 unspecified atom stereocenters. The summed E-state index contributed by atoms with van der Waals surface area (Å²) in [4.78, 5) is 12.1. The maximum absolute atomic E-state index is 13.2. The van der Waals surface area contributed by atoms with Crippen LogP contribution in [0.1, 0.15) is 44.5 Å². The smallest absolute Gasteiger partial charge is 0.230 e. The van der Waals surface area contributed by atoms with Crippen LogP contribution in [0.4, 0.5) is 4.39 Å². The van der Waals surface area contributed by atoms with Gasteiger partial charge in [-0.05, 0) is 38.0 Å². The van der Waals surface area contributed by atoms with Gasteiger partial charge >= 0.3 is 0 Å². The zero-order valence-electron chi connectivity index (χ0n) is 15.2. The minimum absolute atomic E-state index is 0.0128. The maximum Gasteiger partial charge on any atom is 0.230 e. The van der Waals surface area contributed by atoms with E-state index in [1.54, 1.807) is 4.57 Å². The minimum Gasteiger partial charge on any atom is -0.481 e. The van der Waals surface area contributed by atoms with Gasteiger partial charge in [0, 0.05) is 13.1 Å². The fourth-order valence-electron chi connectivity index (χ4n) is 3.09. The van der Waals surface area contributed by atoms with Crippen LogP contribution in [0.5, 0.6) is 5.75 Å². The summed E-state index contributed by atoms with van der Waals surface area (Å²) in [6.45, 7) is 1.81. The molecule has 1 aliphatic carbocycles. The van der Waals surface area contributed by atoms with Crippen molar-refractivity contribution in [3.8, 4) is 5.75 Å². The van der Waals surface area contributed by atoms with Crippen LogP contribution in [0.25, 0.3) is 0 Å². The Kier molecular flexibility index (Phi) is 6.59. The Labute approximate surface area is 166 Å². The van der Waals surface area contributed by atoms with Crippen molar-refractivity contribution in [1.82, 2.24) is 20.1 Å². The first-order valence-electron chi connectivity index (χ1n) is 8.87. The second kappa shape index (κ2) is 8.93. The number of benzene rings is 1. The molecule has 1 aromatic heterocycles. The highest BCUT2D eigenvalue weighted by Crippen LogP contribution is 2.30. The first-order valence-corrected chi connectivity index (χ1v) is 10.2. The number of thioether (sulfide) groups is 1. The number of aromatic nitrogens is 3. The van der Waals surface area contributed by atoms with Gasteiger partial charge in [0.05, 0.1) is 10.8 Å². The fraction of sp³-hybridized carbons (Fsp3) is 0.500. The number of rotatable bonds is 7. The van der Waals surface area contributed by atoms with Crippen molar-refractivity contribution in [1.29, 1.82) is 0 Å². The zero-order valence-corrected chi connectivity index (χ0v) is 16.8. The van der Waals surface area contributed by atoms with Crippen LogP contribution in [-0.2, 0) is 11.8 Å². The number of nitrogens with zero attached hydrogens (tertiary/aromatic N) is 3. The molecule has 1 amide bonds. The lowest BCUT2D eigenvalue weighted by molar-refractivity contribution is -0.119. The van der Waals surface area contributed by atoms with E-state index in [-0.39, 0.29) is 10.9 Å². The first kappa shape index (κ1) is 19.9. The van der Waals surface area contributed by atoms with Gasteiger partial charge in [-0.25, -0.2) is 4.39 Å². The molecule has 0 bridgehead atoms. The second-order valence-corrected chi connectivity index (χ2v) is 7.92. The lowest BCUT2D eigenvalue weighted by Crippen LogP contribution is -2.33. The summed E-state index contributed by atoms with van der Waals surface area (Å²) in [7, 11) is 1.82. The van der Waals surface area contributed by atoms with E-state index in [0.29, 0.717) is 28.5 Å². The Bertz CT molecular complexity index is 811. The van der Waals surface area contributed by atoms with Crippen molar-refractivity contribution in [2.75, 3.05) is 5.75 Å². The highest BCUT2D eigenvalue weighted by Gasteiger charge is 2.20. The van der Waals surface area contributed by atoms with Crippen LogP contribution in [-0.4, -0.2) is 32.5 Å². The lowest BCUT2D eigenvalue weighted by atomic mass is 10.2. The molecule has 6 nitrogen and oxygen atoms in total. The van der Waals surface area contributed by atoms with Crippen LogP contribution in [0.3, 0.4) is 0 Å². The van der Waals surface area contributed by atoms with Gasteiger partial charge < -0.3 is 14.6 Å². The summed E-state index contributed by atoms with van der Waals surface area (Å²) in [5.74, 6) is 0.849. The van der Waals surface area contributed by atoms with Gasteiger partial charge in [0.25, 0.3) is 0 Å². The molecule has 2 aromatic rings. The molecule has 9 heteroatoms. The molecule has 1 heterocycles. The van der Waals surface area contributed by atoms with Gasteiger partial charge in [-0.2, -0.15) is 0 Å². The molecule has 0 radical (unpaired) electrons. The molecule has 1 aliphatic rings. The predicted octanol–water partition coefficient (Wildman–Crippen LogP) is 3.90. The summed E-state index contributed by atoms with van der Waals surface area (Å²) in [6.07, 6.45) is 4.05. The largest absolute Gasteiger partial charge is 0.481 e. The Morgan fingerprint density at radius 1 is 1.44 bits per heavy atom. The summed E-state index contributed by atoms with van der Waals surface area (Å²) in [5, 5.41) is 12.2. The third-order valence-electron chi connectivity index (χ3n) is 4.48. The normalized spacial score (nSPS) is 15.7. The summed E-state index contributed by atoms with van der Waals surface area (Å²) in [5.41, 5.74) is 0. The highest BCUT2D eigenvalue weighted by atomic mass is 35.5. The number of nitrogens with one attached hydrogen (secondary N) is 1. The Morgan fingerprint density at radius 2 is 2.19 bits per heavy atom. The number of carbonyl (C=O) groups is 1. The third kappa shape index (κ3) is 5.13. The topological polar surface area (TPSA) is 69.0 Å². The van der Waals surface area contributed by atoms with Crippen molar-refractivity contribution in [3.05, 3.63) is 34.9 Å². The van der Waals surface area contributed by atoms with E-state index < -0.39 is 11.9 Å². The standard InChI is InChI=1S/C18H22ClFN4O2S/c1-11(26-15-8-7-12(20)9-14(15)19)17-22-23-18(24(17)2)27-10-16(25)21-13-5-3-4-6-13/h7-9,11,13H,3-6,10H2,1-2H3,(H,21,25). The van der Waals surface area contributed by atoms with Crippen molar-refractivity contribution >= 4 is 29.3 Å². The molecule has 1 aromatic carbocycles. The van der Waals surface area contributed by atoms with Gasteiger partial charge in [0.1, 0.15) is 11.6 Å². The summed E-state index contributed by atoms with van der Waals surface area (Å²) >= 11 is 7.34. The van der Waals surface area contributed by atoms with Crippen LogP contribution >= 0.6 is 23.4 Å². The zero-order chi connectivity index (χ0) is 19.4. The van der Waals surface area contributed by atoms with Crippen molar-refractivity contribution in [3.63, 3.8) is 0 Å². The number of hydrogen-bond acceptors (Lipinski definition) is 5. The van der Waals surface area contributed by atoms with Gasteiger partial charge in [0.15, 0.2) is 17.1 Å². The van der Waals surface area contributed by atoms with Crippen LogP contribution in [0, 0.1) is 5.82 Å². The van der Waals surface area contributed by atoms with E-state index in [4.69, 9.17) is 16.3 Å². The average Bonchev–Trinajstić information content (AvgIpc) is 3.25. The minimum atomic E-state index is -0.438. The molecule has 1 N–H and O–H groups in total. The van der Waals surface area contributed by atoms with Crippen molar-refractivity contribution in [2.45, 2.75) is 49.9 Å². The molecule has 1 saturated carbocycles. The molecular formula is C18H22ClFN4O2S. The van der Waals surface area contributed by atoms with Gasteiger partial charge in [-0.1, -0.05) is 36.2 Å². The van der Waals surface area contributed by atoms with Crippen LogP contribution < -0.4 is 10.1 Å². The molecule has 1 fully saturated rings. The molecule has 27 heavy (non-hydrogen) atoms. The Balaban J connectivity index is 1.57. The molecule has 1 atom stereocenters. The first-order chi connectivity index (χ1) is 12.9. The number of hydrogen-bond donors (Lipinski definition) is 1. The van der Waals surface area contributed by atoms with E-state index in [2.05, 4.69) is 15.5 Å². The van der Waals surface area contributed by atoms with Crippen molar-refractivity contribution in [2.24, 2.45) is 7.05 Å². The van der Waals surface area contributed by atoms with Gasteiger partial charge in [-0.15, -0.1) is 10.2 Å². The molecule has 146 valence electrons. The van der Waals surface area contributed by atoms with E-state index >= 15 is 0 Å². The SMILES string of the molecule is CC(Oc1ccc(F)cc1Cl)c1nnc(SCC(=O)NC2CCCC2)n1C. The predicted molar refractivity (Wildman–Crippen MR) is 103 cm³/mol. The molecule has 3 rings (SSSR count). The Morgan fingerprint density at radius 3 is 2.89 bits per heavy atom. The number of ether oxygens (including phenoxy) is 1. The molecule has 0 saturated heterocycles. The average molecular weight is 413 g/mol.